The van der Waals surface area contributed by atoms with Crippen molar-refractivity contribution in [2.45, 2.75) is 6.18 Å². The molecule has 0 bridgehead atoms. The minimum Gasteiger partial charge on any atom is -0.448 e. The minimum absolute atomic E-state index is 0.102. The van der Waals surface area contributed by atoms with Crippen molar-refractivity contribution in [1.82, 2.24) is 4.98 Å². The van der Waals surface area contributed by atoms with Crippen LogP contribution in [0.25, 0.3) is 21.0 Å². The Morgan fingerprint density at radius 2 is 1.85 bits per heavy atom. The van der Waals surface area contributed by atoms with Crippen LogP contribution in [0.15, 0.2) is 59.0 Å². The maximum atomic E-state index is 13.8. The number of carbonyl (C=O) groups is 1. The molecular weight excluding hydrogens is 455 g/mol. The number of rotatable bonds is 4. The van der Waals surface area contributed by atoms with Crippen LogP contribution in [0.4, 0.5) is 24.5 Å². The zero-order chi connectivity index (χ0) is 23.0. The number of thiazole rings is 1. The molecule has 10 heteroatoms. The van der Waals surface area contributed by atoms with Crippen LogP contribution in [0.1, 0.15) is 16.1 Å². The quantitative estimate of drug-likeness (QED) is 0.414. The van der Waals surface area contributed by atoms with E-state index in [2.05, 4.69) is 10.3 Å². The van der Waals surface area contributed by atoms with Gasteiger partial charge in [0, 0.05) is 18.8 Å². The van der Waals surface area contributed by atoms with E-state index < -0.39 is 17.6 Å². The van der Waals surface area contributed by atoms with Crippen LogP contribution in [0, 0.1) is 0 Å². The molecule has 3 heterocycles. The highest BCUT2D eigenvalue weighted by molar-refractivity contribution is 7.21. The number of hydrogen-bond acceptors (Lipinski definition) is 6. The SMILES string of the molecule is O=C(Nc1ccc(N2CCOCC2)cc1C(F)(F)F)c1ccc(-c2nc3ccccc3s2)o1. The molecule has 0 aliphatic carbocycles. The van der Waals surface area contributed by atoms with Gasteiger partial charge in [-0.25, -0.2) is 4.98 Å². The van der Waals surface area contributed by atoms with Crippen LogP contribution in [-0.2, 0) is 10.9 Å². The summed E-state index contributed by atoms with van der Waals surface area (Å²) in [6.07, 6.45) is -4.64. The van der Waals surface area contributed by atoms with Gasteiger partial charge in [-0.15, -0.1) is 11.3 Å². The third kappa shape index (κ3) is 4.44. The average molecular weight is 473 g/mol. The second-order valence-electron chi connectivity index (χ2n) is 7.43. The summed E-state index contributed by atoms with van der Waals surface area (Å²) in [5, 5.41) is 2.93. The molecule has 1 saturated heterocycles. The van der Waals surface area contributed by atoms with Gasteiger partial charge in [0.2, 0.25) is 0 Å². The summed E-state index contributed by atoms with van der Waals surface area (Å²) in [4.78, 5) is 19.0. The van der Waals surface area contributed by atoms with Gasteiger partial charge in [0.1, 0.15) is 0 Å². The Morgan fingerprint density at radius 3 is 2.61 bits per heavy atom. The van der Waals surface area contributed by atoms with E-state index in [1.165, 1.54) is 23.5 Å². The van der Waals surface area contributed by atoms with Gasteiger partial charge in [0.05, 0.1) is 34.7 Å². The lowest BCUT2D eigenvalue weighted by atomic mass is 10.1. The largest absolute Gasteiger partial charge is 0.448 e. The number of carbonyl (C=O) groups excluding carboxylic acids is 1. The number of morpholine rings is 1. The van der Waals surface area contributed by atoms with Gasteiger partial charge in [-0.05, 0) is 42.5 Å². The summed E-state index contributed by atoms with van der Waals surface area (Å²) in [6, 6.07) is 14.4. The molecule has 33 heavy (non-hydrogen) atoms. The summed E-state index contributed by atoms with van der Waals surface area (Å²) in [5.41, 5.74) is -0.0185. The first kappa shape index (κ1) is 21.5. The number of nitrogens with zero attached hydrogens (tertiary/aromatic N) is 2. The number of benzene rings is 2. The van der Waals surface area contributed by atoms with Gasteiger partial charge < -0.3 is 19.4 Å². The third-order valence-corrected chi connectivity index (χ3v) is 6.32. The van der Waals surface area contributed by atoms with Crippen molar-refractivity contribution in [3.05, 3.63) is 65.9 Å². The number of furan rings is 1. The number of anilines is 2. The minimum atomic E-state index is -4.64. The number of fused-ring (bicyclic) bond motifs is 1. The van der Waals surface area contributed by atoms with E-state index in [4.69, 9.17) is 9.15 Å². The predicted octanol–water partition coefficient (Wildman–Crippen LogP) is 5.66. The molecule has 0 saturated carbocycles. The van der Waals surface area contributed by atoms with Crippen molar-refractivity contribution in [3.63, 3.8) is 0 Å². The zero-order valence-corrected chi connectivity index (χ0v) is 18.0. The summed E-state index contributed by atoms with van der Waals surface area (Å²) < 4.78 is 53.1. The van der Waals surface area contributed by atoms with Crippen molar-refractivity contribution in [2.75, 3.05) is 36.5 Å². The first-order valence-corrected chi connectivity index (χ1v) is 11.0. The van der Waals surface area contributed by atoms with Crippen molar-refractivity contribution < 1.29 is 27.1 Å². The summed E-state index contributed by atoms with van der Waals surface area (Å²) >= 11 is 1.40. The van der Waals surface area contributed by atoms with Crippen LogP contribution < -0.4 is 10.2 Å². The summed E-state index contributed by atoms with van der Waals surface area (Å²) in [7, 11) is 0. The van der Waals surface area contributed by atoms with Crippen LogP contribution >= 0.6 is 11.3 Å². The highest BCUT2D eigenvalue weighted by Crippen LogP contribution is 2.38. The summed E-state index contributed by atoms with van der Waals surface area (Å²) in [6.45, 7) is 1.92. The number of halogens is 3. The van der Waals surface area contributed by atoms with Crippen molar-refractivity contribution in [1.29, 1.82) is 0 Å². The number of amides is 1. The Kier molecular flexibility index (Phi) is 5.55. The molecule has 2 aromatic carbocycles. The second kappa shape index (κ2) is 8.53. The fourth-order valence-corrected chi connectivity index (χ4v) is 4.56. The maximum absolute atomic E-state index is 13.8. The first-order valence-electron chi connectivity index (χ1n) is 10.2. The van der Waals surface area contributed by atoms with E-state index in [0.29, 0.717) is 42.8 Å². The molecule has 0 radical (unpaired) electrons. The fourth-order valence-electron chi connectivity index (χ4n) is 3.63. The highest BCUT2D eigenvalue weighted by Gasteiger charge is 2.35. The van der Waals surface area contributed by atoms with Crippen molar-refractivity contribution >= 4 is 38.8 Å². The van der Waals surface area contributed by atoms with Crippen LogP contribution in [0.3, 0.4) is 0 Å². The molecule has 4 aromatic rings. The molecule has 0 spiro atoms. The molecule has 2 aromatic heterocycles. The monoisotopic (exact) mass is 473 g/mol. The van der Waals surface area contributed by atoms with E-state index >= 15 is 0 Å². The number of hydrogen-bond donors (Lipinski definition) is 1. The molecule has 5 rings (SSSR count). The van der Waals surface area contributed by atoms with E-state index in [9.17, 15) is 18.0 Å². The second-order valence-corrected chi connectivity index (χ2v) is 8.46. The Balaban J connectivity index is 1.39. The first-order chi connectivity index (χ1) is 15.9. The molecular formula is C23H18F3N3O3S. The molecule has 1 aliphatic heterocycles. The van der Waals surface area contributed by atoms with Gasteiger partial charge >= 0.3 is 6.18 Å². The van der Waals surface area contributed by atoms with Gasteiger partial charge in [-0.3, -0.25) is 4.79 Å². The Morgan fingerprint density at radius 1 is 1.06 bits per heavy atom. The topological polar surface area (TPSA) is 67.6 Å². The Labute approximate surface area is 190 Å². The number of para-hydroxylation sites is 1. The smallest absolute Gasteiger partial charge is 0.418 e. The lowest BCUT2D eigenvalue weighted by Gasteiger charge is -2.29. The van der Waals surface area contributed by atoms with Crippen LogP contribution in [0.2, 0.25) is 0 Å². The van der Waals surface area contributed by atoms with Crippen molar-refractivity contribution in [3.8, 4) is 10.8 Å². The zero-order valence-electron chi connectivity index (χ0n) is 17.2. The fraction of sp³-hybridized carbons (Fsp3) is 0.217. The van der Waals surface area contributed by atoms with Gasteiger partial charge in [-0.2, -0.15) is 13.2 Å². The maximum Gasteiger partial charge on any atom is 0.418 e. The molecule has 1 aliphatic rings. The molecule has 170 valence electrons. The number of alkyl halides is 3. The van der Waals surface area contributed by atoms with Gasteiger partial charge in [-0.1, -0.05) is 12.1 Å². The Bertz CT molecular complexity index is 1280. The molecule has 0 unspecified atom stereocenters. The molecule has 1 amide bonds. The van der Waals surface area contributed by atoms with E-state index in [-0.39, 0.29) is 11.4 Å². The van der Waals surface area contributed by atoms with Crippen molar-refractivity contribution in [2.24, 2.45) is 0 Å². The predicted molar refractivity (Wildman–Crippen MR) is 120 cm³/mol. The van der Waals surface area contributed by atoms with E-state index in [1.807, 2.05) is 29.2 Å². The molecule has 1 fully saturated rings. The molecule has 1 N–H and O–H groups in total. The molecule has 6 nitrogen and oxygen atoms in total. The summed E-state index contributed by atoms with van der Waals surface area (Å²) in [5.74, 6) is -0.498. The number of ether oxygens (including phenoxy) is 1. The molecule has 0 atom stereocenters. The van der Waals surface area contributed by atoms with Crippen LogP contribution in [0.5, 0.6) is 0 Å². The van der Waals surface area contributed by atoms with E-state index in [1.54, 1.807) is 12.1 Å². The lowest BCUT2D eigenvalue weighted by Crippen LogP contribution is -2.36. The number of nitrogens with one attached hydrogen (secondary N) is 1. The van der Waals surface area contributed by atoms with Crippen LogP contribution in [-0.4, -0.2) is 37.2 Å². The van der Waals surface area contributed by atoms with Gasteiger partial charge in [0.25, 0.3) is 5.91 Å². The highest BCUT2D eigenvalue weighted by atomic mass is 32.1. The number of aromatic nitrogens is 1. The third-order valence-electron chi connectivity index (χ3n) is 5.27. The lowest BCUT2D eigenvalue weighted by molar-refractivity contribution is -0.136. The average Bonchev–Trinajstić information content (AvgIpc) is 3.46. The normalized spacial score (nSPS) is 14.6. The Hall–Kier alpha value is -3.37. The van der Waals surface area contributed by atoms with E-state index in [0.717, 1.165) is 16.3 Å². The standard InChI is InChI=1S/C23H18F3N3O3S/c24-23(25,26)15-13-14(29-9-11-31-12-10-29)5-6-16(15)27-21(30)18-7-8-19(32-18)22-28-17-3-1-2-4-20(17)33-22/h1-8,13H,9-12H2,(H,27,30). The van der Waals surface area contributed by atoms with Gasteiger partial charge in [0.15, 0.2) is 16.5 Å².